The Morgan fingerprint density at radius 3 is 1.27 bits per heavy atom. The standard InChI is InChI=1S/C14H12ClNOS.C13H10ClNOS.CH3I/c1-18-14(16)10-2-6-12(7-3-10)17-13-8-4-11(15)5-9-13;14-10-3-7-12(8-4-10)16-11-5-1-9(2-6-11)13(15)17;1-2/h2-9,16H,1H3;1-8H,(H2,15,17);1H3. The Balaban J connectivity index is 0.000000244. The Bertz CT molecular complexity index is 1270. The first-order chi connectivity index (χ1) is 17.8. The van der Waals surface area contributed by atoms with Crippen LogP contribution in [0.3, 0.4) is 0 Å². The fourth-order valence-electron chi connectivity index (χ4n) is 2.76. The van der Waals surface area contributed by atoms with Crippen molar-refractivity contribution in [2.75, 3.05) is 11.2 Å². The van der Waals surface area contributed by atoms with Gasteiger partial charge in [0.25, 0.3) is 0 Å². The minimum Gasteiger partial charge on any atom is -0.457 e. The molecule has 0 atom stereocenters. The highest BCUT2D eigenvalue weighted by molar-refractivity contribution is 14.1. The molecule has 0 unspecified atom stereocenters. The third-order valence-electron chi connectivity index (χ3n) is 4.56. The topological polar surface area (TPSA) is 68.3 Å². The number of thioether (sulfide) groups is 1. The van der Waals surface area contributed by atoms with Crippen molar-refractivity contribution in [3.63, 3.8) is 0 Å². The van der Waals surface area contributed by atoms with Gasteiger partial charge in [0.15, 0.2) is 0 Å². The van der Waals surface area contributed by atoms with Gasteiger partial charge in [0.05, 0.1) is 5.04 Å². The summed E-state index contributed by atoms with van der Waals surface area (Å²) in [5.74, 6) is 2.95. The second-order valence-corrected chi connectivity index (χ2v) is 9.19. The lowest BCUT2D eigenvalue weighted by molar-refractivity contribution is 0.482. The molecule has 0 spiro atoms. The molecular formula is C28H25Cl2IN2O2S2. The lowest BCUT2D eigenvalue weighted by atomic mass is 10.2. The molecule has 0 fully saturated rings. The smallest absolute Gasteiger partial charge is 0.127 e. The molecule has 0 aromatic heterocycles. The van der Waals surface area contributed by atoms with Gasteiger partial charge in [-0.1, -0.05) is 58.0 Å². The van der Waals surface area contributed by atoms with Crippen LogP contribution in [0.4, 0.5) is 0 Å². The van der Waals surface area contributed by atoms with Crippen LogP contribution in [0.15, 0.2) is 97.1 Å². The first-order valence-corrected chi connectivity index (χ1v) is 15.3. The largest absolute Gasteiger partial charge is 0.457 e. The van der Waals surface area contributed by atoms with E-state index in [-0.39, 0.29) is 0 Å². The summed E-state index contributed by atoms with van der Waals surface area (Å²) >= 11 is 20.0. The number of hydrogen-bond donors (Lipinski definition) is 2. The number of rotatable bonds is 6. The number of nitrogens with one attached hydrogen (secondary N) is 1. The average molecular weight is 683 g/mol. The molecular weight excluding hydrogens is 658 g/mol. The maximum atomic E-state index is 7.70. The third-order valence-corrected chi connectivity index (χ3v) is 5.94. The van der Waals surface area contributed by atoms with Crippen LogP contribution in [0.25, 0.3) is 0 Å². The Morgan fingerprint density at radius 2 is 0.973 bits per heavy atom. The molecule has 0 aliphatic carbocycles. The lowest BCUT2D eigenvalue weighted by Crippen LogP contribution is -2.08. The maximum absolute atomic E-state index is 7.70. The number of hydrogen-bond acceptors (Lipinski definition) is 5. The van der Waals surface area contributed by atoms with E-state index in [9.17, 15) is 0 Å². The Labute approximate surface area is 251 Å². The quantitative estimate of drug-likeness (QED) is 0.0697. The second kappa shape index (κ2) is 16.5. The second-order valence-electron chi connectivity index (χ2n) is 7.06. The van der Waals surface area contributed by atoms with E-state index >= 15 is 0 Å². The molecule has 0 aliphatic rings. The van der Waals surface area contributed by atoms with Gasteiger partial charge in [-0.3, -0.25) is 5.41 Å². The molecule has 0 saturated carbocycles. The summed E-state index contributed by atoms with van der Waals surface area (Å²) in [6, 6.07) is 29.2. The highest BCUT2D eigenvalue weighted by atomic mass is 127. The van der Waals surface area contributed by atoms with E-state index in [1.807, 2.05) is 84.0 Å². The van der Waals surface area contributed by atoms with E-state index in [0.29, 0.717) is 20.1 Å². The molecule has 0 aliphatic heterocycles. The summed E-state index contributed by atoms with van der Waals surface area (Å²) in [5, 5.41) is 9.62. The van der Waals surface area contributed by atoms with Crippen LogP contribution in [0.5, 0.6) is 23.0 Å². The zero-order valence-electron chi connectivity index (χ0n) is 20.1. The fourth-order valence-corrected chi connectivity index (χ4v) is 3.52. The summed E-state index contributed by atoms with van der Waals surface area (Å²) in [6.45, 7) is 0. The molecule has 4 nitrogen and oxygen atoms in total. The van der Waals surface area contributed by atoms with Gasteiger partial charge in [0, 0.05) is 21.2 Å². The highest BCUT2D eigenvalue weighted by Crippen LogP contribution is 2.25. The van der Waals surface area contributed by atoms with Gasteiger partial charge < -0.3 is 15.2 Å². The summed E-state index contributed by atoms with van der Waals surface area (Å²) in [7, 11) is 0. The molecule has 0 heterocycles. The number of benzene rings is 4. The van der Waals surface area contributed by atoms with Crippen LogP contribution >= 0.6 is 69.8 Å². The summed E-state index contributed by atoms with van der Waals surface area (Å²) in [4.78, 5) is 2.35. The van der Waals surface area contributed by atoms with E-state index in [0.717, 1.165) is 34.1 Å². The average Bonchev–Trinajstić information content (AvgIpc) is 2.93. The van der Waals surface area contributed by atoms with E-state index in [1.54, 1.807) is 24.3 Å². The van der Waals surface area contributed by atoms with Crippen molar-refractivity contribution >= 4 is 79.8 Å². The van der Waals surface area contributed by atoms with Crippen LogP contribution in [-0.4, -0.2) is 21.2 Å². The normalized spacial score (nSPS) is 9.65. The van der Waals surface area contributed by atoms with Crippen molar-refractivity contribution in [3.05, 3.63) is 118 Å². The number of halogens is 3. The van der Waals surface area contributed by atoms with Gasteiger partial charge in [-0.15, -0.1) is 11.8 Å². The van der Waals surface area contributed by atoms with Gasteiger partial charge in [-0.2, -0.15) is 0 Å². The van der Waals surface area contributed by atoms with Crippen molar-refractivity contribution in [2.45, 2.75) is 0 Å². The zero-order valence-corrected chi connectivity index (χ0v) is 25.4. The van der Waals surface area contributed by atoms with Crippen molar-refractivity contribution in [1.29, 1.82) is 5.41 Å². The molecule has 0 amide bonds. The Hall–Kier alpha value is -2.30. The Kier molecular flexibility index (Phi) is 13.8. The molecule has 0 radical (unpaired) electrons. The van der Waals surface area contributed by atoms with Crippen molar-refractivity contribution in [1.82, 2.24) is 0 Å². The van der Waals surface area contributed by atoms with Crippen LogP contribution in [0.2, 0.25) is 10.0 Å². The number of nitrogens with two attached hydrogens (primary N) is 1. The fraction of sp³-hybridized carbons (Fsp3) is 0.0714. The molecule has 3 N–H and O–H groups in total. The van der Waals surface area contributed by atoms with E-state index in [1.165, 1.54) is 11.8 Å². The molecule has 0 saturated heterocycles. The predicted molar refractivity (Wildman–Crippen MR) is 172 cm³/mol. The zero-order chi connectivity index (χ0) is 27.2. The molecule has 37 heavy (non-hydrogen) atoms. The minimum atomic E-state index is 0.378. The summed E-state index contributed by atoms with van der Waals surface area (Å²) in [6.07, 6.45) is 1.89. The van der Waals surface area contributed by atoms with Gasteiger partial charge in [0.2, 0.25) is 0 Å². The van der Waals surface area contributed by atoms with Crippen molar-refractivity contribution < 1.29 is 9.47 Å². The summed E-state index contributed by atoms with van der Waals surface area (Å²) < 4.78 is 11.3. The van der Waals surface area contributed by atoms with Gasteiger partial charge in [-0.05, 0) is 108 Å². The van der Waals surface area contributed by atoms with Gasteiger partial charge in [-0.25, -0.2) is 0 Å². The van der Waals surface area contributed by atoms with Crippen molar-refractivity contribution in [2.24, 2.45) is 5.73 Å². The van der Waals surface area contributed by atoms with E-state index < -0.39 is 0 Å². The van der Waals surface area contributed by atoms with Gasteiger partial charge >= 0.3 is 0 Å². The van der Waals surface area contributed by atoms with Crippen LogP contribution in [0, 0.1) is 5.41 Å². The predicted octanol–water partition coefficient (Wildman–Crippen LogP) is 9.64. The SMILES string of the molecule is CI.CSC(=N)c1ccc(Oc2ccc(Cl)cc2)cc1.NC(=S)c1ccc(Oc2ccc(Cl)cc2)cc1. The Morgan fingerprint density at radius 1 is 0.676 bits per heavy atom. The molecule has 0 bridgehead atoms. The first-order valence-electron chi connectivity index (χ1n) is 10.7. The molecule has 4 rings (SSSR count). The first kappa shape index (κ1) is 30.9. The minimum absolute atomic E-state index is 0.378. The van der Waals surface area contributed by atoms with Gasteiger partial charge in [0.1, 0.15) is 28.0 Å². The monoisotopic (exact) mass is 682 g/mol. The lowest BCUT2D eigenvalue weighted by Gasteiger charge is -2.06. The van der Waals surface area contributed by atoms with Crippen LogP contribution in [0.1, 0.15) is 11.1 Å². The third kappa shape index (κ3) is 10.9. The number of ether oxygens (including phenoxy) is 2. The molecule has 192 valence electrons. The number of thiocarbonyl (C=S) groups is 1. The molecule has 4 aromatic rings. The van der Waals surface area contributed by atoms with E-state index in [2.05, 4.69) is 22.6 Å². The number of alkyl halides is 1. The van der Waals surface area contributed by atoms with Crippen LogP contribution in [-0.2, 0) is 0 Å². The molecule has 9 heteroatoms. The highest BCUT2D eigenvalue weighted by Gasteiger charge is 2.02. The van der Waals surface area contributed by atoms with E-state index in [4.69, 9.17) is 56.0 Å². The van der Waals surface area contributed by atoms with Crippen LogP contribution < -0.4 is 15.2 Å². The summed E-state index contributed by atoms with van der Waals surface area (Å²) in [5.41, 5.74) is 7.23. The maximum Gasteiger partial charge on any atom is 0.127 e. The molecule has 4 aromatic carbocycles. The van der Waals surface area contributed by atoms with Crippen molar-refractivity contribution in [3.8, 4) is 23.0 Å².